The van der Waals surface area contributed by atoms with Gasteiger partial charge in [-0.2, -0.15) is 9.97 Å². The monoisotopic (exact) mass is 578 g/mol. The molecule has 2 aromatic heterocycles. The maximum atomic E-state index is 16.6. The molecule has 1 aromatic carbocycles. The van der Waals surface area contributed by atoms with Crippen LogP contribution < -0.4 is 19.7 Å². The van der Waals surface area contributed by atoms with E-state index in [0.29, 0.717) is 47.6 Å². The van der Waals surface area contributed by atoms with Crippen LogP contribution in [0.2, 0.25) is 0 Å². The second-order valence-corrected chi connectivity index (χ2v) is 12.8. The first kappa shape index (κ1) is 26.3. The highest BCUT2D eigenvalue weighted by Gasteiger charge is 2.49. The molecule has 5 fully saturated rings. The van der Waals surface area contributed by atoms with E-state index in [1.165, 1.54) is 12.1 Å². The first-order valence-corrected chi connectivity index (χ1v) is 15.3. The van der Waals surface area contributed by atoms with Crippen LogP contribution in [0.5, 0.6) is 17.5 Å². The zero-order valence-corrected chi connectivity index (χ0v) is 23.6. The van der Waals surface area contributed by atoms with Gasteiger partial charge in [0, 0.05) is 49.9 Å². The molecule has 222 valence electrons. The van der Waals surface area contributed by atoms with Crippen molar-refractivity contribution < 1.29 is 23.4 Å². The smallest absolute Gasteiger partial charge is 0.319 e. The van der Waals surface area contributed by atoms with Gasteiger partial charge in [-0.15, -0.1) is 0 Å². The summed E-state index contributed by atoms with van der Waals surface area (Å²) in [7, 11) is 0. The molecule has 0 radical (unpaired) electrons. The molecular weight excluding hydrogens is 542 g/mol. The normalized spacial score (nSPS) is 29.2. The van der Waals surface area contributed by atoms with Crippen LogP contribution in [-0.2, 0) is 0 Å². The minimum absolute atomic E-state index is 0.000878. The molecule has 2 bridgehead atoms. The Morgan fingerprint density at radius 3 is 2.69 bits per heavy atom. The molecule has 3 aromatic rings. The van der Waals surface area contributed by atoms with E-state index < -0.39 is 12.0 Å². The summed E-state index contributed by atoms with van der Waals surface area (Å²) in [5, 5.41) is 14.4. The van der Waals surface area contributed by atoms with Crippen molar-refractivity contribution in [1.29, 1.82) is 0 Å². The van der Waals surface area contributed by atoms with Crippen LogP contribution in [0.4, 0.5) is 14.6 Å². The minimum atomic E-state index is -0.872. The molecule has 1 saturated carbocycles. The molecule has 4 saturated heterocycles. The fourth-order valence-electron chi connectivity index (χ4n) is 7.61. The van der Waals surface area contributed by atoms with Gasteiger partial charge in [0.05, 0.1) is 17.0 Å². The lowest BCUT2D eigenvalue weighted by Gasteiger charge is -2.34. The van der Waals surface area contributed by atoms with Crippen molar-refractivity contribution in [2.75, 3.05) is 37.7 Å². The Morgan fingerprint density at radius 1 is 1.07 bits per heavy atom. The number of hydrogen-bond donors (Lipinski definition) is 2. The number of fused-ring (bicyclic) bond motifs is 4. The van der Waals surface area contributed by atoms with Crippen LogP contribution in [-0.4, -0.2) is 87.6 Å². The number of ether oxygens (including phenoxy) is 2. The van der Waals surface area contributed by atoms with E-state index in [1.807, 2.05) is 0 Å². The Balaban J connectivity index is 1.20. The zero-order chi connectivity index (χ0) is 28.4. The average Bonchev–Trinajstić information content (AvgIpc) is 3.60. The Morgan fingerprint density at radius 2 is 1.90 bits per heavy atom. The van der Waals surface area contributed by atoms with Crippen LogP contribution in [0, 0.1) is 5.82 Å². The van der Waals surface area contributed by atoms with Crippen molar-refractivity contribution in [1.82, 2.24) is 25.2 Å². The lowest BCUT2D eigenvalue weighted by Crippen LogP contribution is -2.51. The number of anilines is 1. The molecule has 1 aliphatic carbocycles. The van der Waals surface area contributed by atoms with Crippen LogP contribution in [0.15, 0.2) is 24.4 Å². The summed E-state index contributed by atoms with van der Waals surface area (Å²) in [6.45, 7) is 3.04. The number of aromatic nitrogens is 3. The summed E-state index contributed by atoms with van der Waals surface area (Å²) < 4.78 is 43.4. The summed E-state index contributed by atoms with van der Waals surface area (Å²) >= 11 is 0. The zero-order valence-electron chi connectivity index (χ0n) is 23.6. The van der Waals surface area contributed by atoms with Crippen LogP contribution in [0.3, 0.4) is 0 Å². The summed E-state index contributed by atoms with van der Waals surface area (Å²) in [6.07, 6.45) is 8.28. The van der Waals surface area contributed by atoms with Crippen molar-refractivity contribution >= 4 is 16.7 Å². The van der Waals surface area contributed by atoms with E-state index in [9.17, 15) is 9.50 Å². The molecular formula is C31H36F2N6O3. The van der Waals surface area contributed by atoms with E-state index in [-0.39, 0.29) is 41.2 Å². The predicted octanol–water partition coefficient (Wildman–Crippen LogP) is 4.36. The van der Waals surface area contributed by atoms with E-state index in [1.54, 1.807) is 12.3 Å². The van der Waals surface area contributed by atoms with Crippen molar-refractivity contribution in [3.63, 3.8) is 0 Å². The third-order valence-electron chi connectivity index (χ3n) is 9.95. The molecule has 0 amide bonds. The second kappa shape index (κ2) is 10.2. The first-order chi connectivity index (χ1) is 20.4. The highest BCUT2D eigenvalue weighted by Crippen LogP contribution is 2.42. The van der Waals surface area contributed by atoms with Crippen LogP contribution >= 0.6 is 0 Å². The molecule has 0 spiro atoms. The van der Waals surface area contributed by atoms with Gasteiger partial charge < -0.3 is 24.8 Å². The fraction of sp³-hybridized carbons (Fsp3) is 0.581. The molecule has 2 unspecified atom stereocenters. The van der Waals surface area contributed by atoms with Gasteiger partial charge in [-0.25, -0.2) is 8.78 Å². The number of aromatic hydroxyl groups is 1. The number of piperazine rings is 1. The molecule has 8 rings (SSSR count). The van der Waals surface area contributed by atoms with Crippen molar-refractivity contribution in [3.8, 4) is 28.8 Å². The molecule has 4 aliphatic heterocycles. The number of halogens is 2. The van der Waals surface area contributed by atoms with Crippen molar-refractivity contribution in [3.05, 3.63) is 30.2 Å². The van der Waals surface area contributed by atoms with E-state index in [2.05, 4.69) is 25.1 Å². The average molecular weight is 579 g/mol. The topological polar surface area (TPSA) is 95.9 Å². The molecule has 42 heavy (non-hydrogen) atoms. The van der Waals surface area contributed by atoms with Crippen LogP contribution in [0.25, 0.3) is 22.2 Å². The lowest BCUT2D eigenvalue weighted by atomic mass is 9.95. The number of phenols is 1. The van der Waals surface area contributed by atoms with Gasteiger partial charge in [0.1, 0.15) is 41.3 Å². The summed E-state index contributed by atoms with van der Waals surface area (Å²) in [5.41, 5.74) is 0.174. The number of benzene rings is 1. The van der Waals surface area contributed by atoms with Gasteiger partial charge in [0.15, 0.2) is 5.82 Å². The Bertz CT molecular complexity index is 1510. The first-order valence-electron chi connectivity index (χ1n) is 15.3. The number of rotatable bonds is 7. The highest BCUT2D eigenvalue weighted by atomic mass is 19.1. The van der Waals surface area contributed by atoms with E-state index in [4.69, 9.17) is 14.5 Å². The maximum Gasteiger partial charge on any atom is 0.319 e. The quantitative estimate of drug-likeness (QED) is 0.424. The number of hydrogen-bond acceptors (Lipinski definition) is 9. The summed E-state index contributed by atoms with van der Waals surface area (Å²) in [4.78, 5) is 18.3. The van der Waals surface area contributed by atoms with Crippen molar-refractivity contribution in [2.24, 2.45) is 0 Å². The summed E-state index contributed by atoms with van der Waals surface area (Å²) in [6, 6.07) is 5.47. The Kier molecular flexibility index (Phi) is 6.36. The van der Waals surface area contributed by atoms with Gasteiger partial charge in [-0.1, -0.05) is 0 Å². The molecule has 2 N–H and O–H groups in total. The predicted molar refractivity (Wildman–Crippen MR) is 153 cm³/mol. The van der Waals surface area contributed by atoms with Gasteiger partial charge in [0.25, 0.3) is 0 Å². The van der Waals surface area contributed by atoms with Crippen LogP contribution in [0.1, 0.15) is 51.4 Å². The molecule has 11 heteroatoms. The number of phenolic OH excluding ortho intramolecular Hbond substituents is 1. The van der Waals surface area contributed by atoms with Gasteiger partial charge in [0.2, 0.25) is 0 Å². The number of nitrogens with one attached hydrogen (secondary N) is 1. The van der Waals surface area contributed by atoms with E-state index in [0.717, 1.165) is 64.6 Å². The SMILES string of the molecule is Oc1ccc(OC2CCC2)c(-c2ncc3c(N4CC5CCC(C4)N5)nc(OC[C@@]45CCCN4C[C@H](F)C5)nc3c2F)c1. The highest BCUT2D eigenvalue weighted by molar-refractivity contribution is 5.92. The Hall–Kier alpha value is -3.31. The largest absolute Gasteiger partial charge is 0.508 e. The van der Waals surface area contributed by atoms with Gasteiger partial charge >= 0.3 is 6.01 Å². The number of alkyl halides is 1. The molecule has 6 heterocycles. The maximum absolute atomic E-state index is 16.6. The van der Waals surface area contributed by atoms with E-state index >= 15 is 4.39 Å². The number of nitrogens with zero attached hydrogens (tertiary/aromatic N) is 5. The third kappa shape index (κ3) is 4.52. The number of pyridine rings is 1. The summed E-state index contributed by atoms with van der Waals surface area (Å²) in [5.74, 6) is 0.464. The second-order valence-electron chi connectivity index (χ2n) is 12.8. The van der Waals surface area contributed by atoms with Gasteiger partial charge in [-0.05, 0) is 69.7 Å². The third-order valence-corrected chi connectivity index (χ3v) is 9.95. The minimum Gasteiger partial charge on any atom is -0.508 e. The fourth-order valence-corrected chi connectivity index (χ4v) is 7.61. The lowest BCUT2D eigenvalue weighted by molar-refractivity contribution is 0.107. The molecule has 4 atom stereocenters. The molecule has 9 nitrogen and oxygen atoms in total. The standard InChI is InChI=1S/C31H36F2N6O3/c32-18-12-31(9-2-10-39(31)14-18)17-41-30-36-28-24(29(37-30)38-15-19-5-6-20(16-38)35-19)13-34-27(26(28)33)23-11-21(40)7-8-25(23)42-22-3-1-4-22/h7-8,11,13,18-20,22,35,40H,1-6,9-10,12,14-17H2/t18-,19?,20?,31+/m1/s1. The molecule has 5 aliphatic rings. The van der Waals surface area contributed by atoms with Gasteiger partial charge in [-0.3, -0.25) is 9.88 Å². The van der Waals surface area contributed by atoms with Crippen molar-refractivity contribution in [2.45, 2.75) is 81.3 Å². The Labute approximate surface area is 243 Å².